The summed E-state index contributed by atoms with van der Waals surface area (Å²) in [6.07, 6.45) is 0.476. The standard InChI is InChI=1S/C22H15Cl2F3N2O3/c23-15-10-14(28-22(31)29-21(30)19-17(26)2-1-3-18(19)27)11-16(24)20(15)32-9-8-12-4-6-13(25)7-5-12/h1-7,10-11H,8-9H2,(H2,28,29,30,31). The van der Waals surface area contributed by atoms with Crippen LogP contribution in [0, 0.1) is 17.5 Å². The second-order valence-electron chi connectivity index (χ2n) is 6.50. The first-order valence-electron chi connectivity index (χ1n) is 9.17. The average Bonchev–Trinajstić information content (AvgIpc) is 2.71. The smallest absolute Gasteiger partial charge is 0.326 e. The van der Waals surface area contributed by atoms with E-state index < -0.39 is 29.1 Å². The Labute approximate surface area is 191 Å². The molecule has 0 saturated carbocycles. The Balaban J connectivity index is 1.61. The quantitative estimate of drug-likeness (QED) is 0.453. The molecule has 2 N–H and O–H groups in total. The molecule has 0 aliphatic rings. The molecule has 0 bridgehead atoms. The molecule has 5 nitrogen and oxygen atoms in total. The van der Waals surface area contributed by atoms with Crippen molar-refractivity contribution in [1.29, 1.82) is 0 Å². The number of benzene rings is 3. The maximum absolute atomic E-state index is 13.7. The van der Waals surface area contributed by atoms with Crippen LogP contribution in [0.2, 0.25) is 10.0 Å². The van der Waals surface area contributed by atoms with Gasteiger partial charge in [-0.1, -0.05) is 41.4 Å². The summed E-state index contributed by atoms with van der Waals surface area (Å²) in [5, 5.41) is 4.29. The SMILES string of the molecule is O=C(NC(=O)c1c(F)cccc1F)Nc1cc(Cl)c(OCCc2ccc(F)cc2)c(Cl)c1. The highest BCUT2D eigenvalue weighted by Crippen LogP contribution is 2.36. The Kier molecular flexibility index (Phi) is 7.61. The summed E-state index contributed by atoms with van der Waals surface area (Å²) < 4.78 is 45.9. The predicted molar refractivity (Wildman–Crippen MR) is 115 cm³/mol. The first kappa shape index (κ1) is 23.4. The summed E-state index contributed by atoms with van der Waals surface area (Å²) in [5.41, 5.74) is 0.0818. The molecule has 0 aromatic heterocycles. The Morgan fingerprint density at radius 3 is 2.09 bits per heavy atom. The van der Waals surface area contributed by atoms with Crippen molar-refractivity contribution in [1.82, 2.24) is 5.32 Å². The molecule has 0 radical (unpaired) electrons. The van der Waals surface area contributed by atoms with Gasteiger partial charge in [-0.2, -0.15) is 0 Å². The number of imide groups is 1. The van der Waals surface area contributed by atoms with Crippen molar-refractivity contribution in [2.24, 2.45) is 0 Å². The van der Waals surface area contributed by atoms with E-state index in [0.29, 0.717) is 6.42 Å². The third-order valence-corrected chi connectivity index (χ3v) is 4.78. The average molecular weight is 483 g/mol. The van der Waals surface area contributed by atoms with Crippen LogP contribution in [-0.4, -0.2) is 18.5 Å². The summed E-state index contributed by atoms with van der Waals surface area (Å²) in [6.45, 7) is 0.209. The molecule has 3 amide bonds. The number of anilines is 1. The first-order chi connectivity index (χ1) is 15.2. The van der Waals surface area contributed by atoms with Gasteiger partial charge >= 0.3 is 6.03 Å². The first-order valence-corrected chi connectivity index (χ1v) is 9.93. The van der Waals surface area contributed by atoms with Crippen molar-refractivity contribution in [3.05, 3.63) is 93.2 Å². The van der Waals surface area contributed by atoms with Crippen molar-refractivity contribution in [3.63, 3.8) is 0 Å². The van der Waals surface area contributed by atoms with Gasteiger partial charge in [0.2, 0.25) is 0 Å². The van der Waals surface area contributed by atoms with Gasteiger partial charge in [0.15, 0.2) is 5.75 Å². The number of nitrogens with one attached hydrogen (secondary N) is 2. The summed E-state index contributed by atoms with van der Waals surface area (Å²) in [5.74, 6) is -3.64. The van der Waals surface area contributed by atoms with Gasteiger partial charge in [0, 0.05) is 12.1 Å². The molecule has 0 saturated heterocycles. The minimum absolute atomic E-state index is 0.0818. The van der Waals surface area contributed by atoms with Crippen molar-refractivity contribution in [2.75, 3.05) is 11.9 Å². The van der Waals surface area contributed by atoms with Crippen LogP contribution in [0.15, 0.2) is 54.6 Å². The highest BCUT2D eigenvalue weighted by molar-refractivity contribution is 6.37. The molecule has 3 aromatic rings. The van der Waals surface area contributed by atoms with Gasteiger partial charge in [0.05, 0.1) is 16.7 Å². The lowest BCUT2D eigenvalue weighted by Crippen LogP contribution is -2.35. The number of carbonyl (C=O) groups is 2. The number of carbonyl (C=O) groups excluding carboxylic acids is 2. The van der Waals surface area contributed by atoms with Crippen molar-refractivity contribution in [3.8, 4) is 5.75 Å². The van der Waals surface area contributed by atoms with Crippen molar-refractivity contribution < 1.29 is 27.5 Å². The number of hydrogen-bond donors (Lipinski definition) is 2. The molecule has 32 heavy (non-hydrogen) atoms. The van der Waals surface area contributed by atoms with Crippen LogP contribution in [0.4, 0.5) is 23.7 Å². The van der Waals surface area contributed by atoms with Gasteiger partial charge in [-0.3, -0.25) is 10.1 Å². The van der Waals surface area contributed by atoms with E-state index in [-0.39, 0.29) is 33.9 Å². The van der Waals surface area contributed by atoms with E-state index in [2.05, 4.69) is 5.32 Å². The minimum Gasteiger partial charge on any atom is -0.490 e. The monoisotopic (exact) mass is 482 g/mol. The molecule has 0 heterocycles. The van der Waals surface area contributed by atoms with Gasteiger partial charge in [-0.15, -0.1) is 0 Å². The topological polar surface area (TPSA) is 67.4 Å². The van der Waals surface area contributed by atoms with Gasteiger partial charge in [-0.25, -0.2) is 18.0 Å². The molecule has 0 aliphatic carbocycles. The lowest BCUT2D eigenvalue weighted by Gasteiger charge is -2.13. The molecule has 166 valence electrons. The van der Waals surface area contributed by atoms with Crippen LogP contribution < -0.4 is 15.4 Å². The molecule has 3 aromatic carbocycles. The zero-order valence-corrected chi connectivity index (χ0v) is 17.7. The van der Waals surface area contributed by atoms with E-state index >= 15 is 0 Å². The predicted octanol–water partition coefficient (Wildman–Crippen LogP) is 5.99. The Morgan fingerprint density at radius 2 is 1.50 bits per heavy atom. The fourth-order valence-corrected chi connectivity index (χ4v) is 3.33. The van der Waals surface area contributed by atoms with Gasteiger partial charge in [0.25, 0.3) is 5.91 Å². The number of hydrogen-bond acceptors (Lipinski definition) is 3. The summed E-state index contributed by atoms with van der Waals surface area (Å²) in [4.78, 5) is 24.0. The maximum atomic E-state index is 13.7. The zero-order valence-electron chi connectivity index (χ0n) is 16.2. The second kappa shape index (κ2) is 10.4. The second-order valence-corrected chi connectivity index (χ2v) is 7.31. The highest BCUT2D eigenvalue weighted by atomic mass is 35.5. The van der Waals surface area contributed by atoms with E-state index in [1.165, 1.54) is 24.3 Å². The Hall–Kier alpha value is -3.23. The number of urea groups is 1. The minimum atomic E-state index is -1.25. The summed E-state index contributed by atoms with van der Waals surface area (Å²) in [6, 6.07) is 10.4. The van der Waals surface area contributed by atoms with Crippen LogP contribution in [0.5, 0.6) is 5.75 Å². The number of halogens is 5. The van der Waals surface area contributed by atoms with Crippen LogP contribution >= 0.6 is 23.2 Å². The Morgan fingerprint density at radius 1 is 0.906 bits per heavy atom. The van der Waals surface area contributed by atoms with Crippen LogP contribution in [-0.2, 0) is 6.42 Å². The molecular weight excluding hydrogens is 468 g/mol. The van der Waals surface area contributed by atoms with Crippen molar-refractivity contribution >= 4 is 40.8 Å². The largest absolute Gasteiger partial charge is 0.490 e. The van der Waals surface area contributed by atoms with E-state index in [0.717, 1.165) is 23.8 Å². The molecule has 0 aliphatic heterocycles. The lowest BCUT2D eigenvalue weighted by atomic mass is 10.2. The van der Waals surface area contributed by atoms with E-state index in [9.17, 15) is 22.8 Å². The maximum Gasteiger partial charge on any atom is 0.326 e. The highest BCUT2D eigenvalue weighted by Gasteiger charge is 2.20. The van der Waals surface area contributed by atoms with Crippen LogP contribution in [0.1, 0.15) is 15.9 Å². The third kappa shape index (κ3) is 5.93. The van der Waals surface area contributed by atoms with Crippen LogP contribution in [0.25, 0.3) is 0 Å². The number of amides is 3. The molecule has 3 rings (SSSR count). The van der Waals surface area contributed by atoms with Gasteiger partial charge < -0.3 is 10.1 Å². The summed E-state index contributed by atoms with van der Waals surface area (Å²) in [7, 11) is 0. The van der Waals surface area contributed by atoms with Gasteiger partial charge in [0.1, 0.15) is 23.0 Å². The fourth-order valence-electron chi connectivity index (χ4n) is 2.73. The lowest BCUT2D eigenvalue weighted by molar-refractivity contribution is 0.0959. The molecule has 10 heteroatoms. The summed E-state index contributed by atoms with van der Waals surface area (Å²) >= 11 is 12.3. The van der Waals surface area contributed by atoms with Crippen molar-refractivity contribution in [2.45, 2.75) is 6.42 Å². The molecule has 0 atom stereocenters. The number of rotatable bonds is 6. The number of ether oxygens (including phenoxy) is 1. The molecule has 0 spiro atoms. The normalized spacial score (nSPS) is 10.5. The molecule has 0 fully saturated rings. The third-order valence-electron chi connectivity index (χ3n) is 4.22. The fraction of sp³-hybridized carbons (Fsp3) is 0.0909. The zero-order chi connectivity index (χ0) is 23.3. The van der Waals surface area contributed by atoms with E-state index in [4.69, 9.17) is 27.9 Å². The van der Waals surface area contributed by atoms with Crippen LogP contribution in [0.3, 0.4) is 0 Å². The van der Waals surface area contributed by atoms with E-state index in [1.54, 1.807) is 12.1 Å². The Bertz CT molecular complexity index is 1110. The molecular formula is C22H15Cl2F3N2O3. The molecule has 0 unspecified atom stereocenters. The van der Waals surface area contributed by atoms with Gasteiger partial charge in [-0.05, 0) is 42.0 Å². The van der Waals surface area contributed by atoms with E-state index in [1.807, 2.05) is 5.32 Å².